The molecule has 118 valence electrons. The van der Waals surface area contributed by atoms with Crippen molar-refractivity contribution in [1.82, 2.24) is 9.88 Å². The summed E-state index contributed by atoms with van der Waals surface area (Å²) in [5.41, 5.74) is 2.50. The standard InChI is InChI=1S/C17H23N3O2/c1-4-17(3)8-5-9-20(11-17)16(21)19-13-6-7-14-15(10-13)22-12(2)18-14/h6-7,10H,4-5,8-9,11H2,1-3H3,(H,19,21). The average Bonchev–Trinajstić information content (AvgIpc) is 2.86. The number of fused-ring (bicyclic) bond motifs is 1. The summed E-state index contributed by atoms with van der Waals surface area (Å²) in [6, 6.07) is 5.53. The second kappa shape index (κ2) is 5.63. The lowest BCUT2D eigenvalue weighted by atomic mass is 9.80. The fourth-order valence-electron chi connectivity index (χ4n) is 3.10. The van der Waals surface area contributed by atoms with Gasteiger partial charge in [-0.15, -0.1) is 0 Å². The number of amides is 2. The van der Waals surface area contributed by atoms with Crippen LogP contribution in [0.3, 0.4) is 0 Å². The normalized spacial score (nSPS) is 22.0. The van der Waals surface area contributed by atoms with Gasteiger partial charge in [-0.2, -0.15) is 0 Å². The molecule has 1 aromatic heterocycles. The summed E-state index contributed by atoms with van der Waals surface area (Å²) in [4.78, 5) is 18.7. The maximum absolute atomic E-state index is 12.5. The van der Waals surface area contributed by atoms with E-state index in [-0.39, 0.29) is 11.4 Å². The predicted molar refractivity (Wildman–Crippen MR) is 87.0 cm³/mol. The molecule has 1 unspecified atom stereocenters. The molecule has 5 nitrogen and oxygen atoms in total. The number of benzene rings is 1. The van der Waals surface area contributed by atoms with Crippen molar-refractivity contribution in [2.45, 2.75) is 40.0 Å². The summed E-state index contributed by atoms with van der Waals surface area (Å²) in [5, 5.41) is 2.97. The van der Waals surface area contributed by atoms with Crippen LogP contribution in [0.1, 0.15) is 39.0 Å². The van der Waals surface area contributed by atoms with E-state index in [2.05, 4.69) is 24.1 Å². The number of carbonyl (C=O) groups excluding carboxylic acids is 1. The van der Waals surface area contributed by atoms with Crippen molar-refractivity contribution in [2.75, 3.05) is 18.4 Å². The highest BCUT2D eigenvalue weighted by Crippen LogP contribution is 2.32. The molecular formula is C17H23N3O2. The van der Waals surface area contributed by atoms with Crippen molar-refractivity contribution >= 4 is 22.8 Å². The number of nitrogens with one attached hydrogen (secondary N) is 1. The molecule has 2 aromatic rings. The fourth-order valence-corrected chi connectivity index (χ4v) is 3.10. The number of hydrogen-bond donors (Lipinski definition) is 1. The molecule has 1 saturated heterocycles. The Morgan fingerprint density at radius 2 is 2.32 bits per heavy atom. The smallest absolute Gasteiger partial charge is 0.321 e. The molecule has 3 rings (SSSR count). The van der Waals surface area contributed by atoms with E-state index >= 15 is 0 Å². The van der Waals surface area contributed by atoms with Gasteiger partial charge in [-0.05, 0) is 36.8 Å². The van der Waals surface area contributed by atoms with E-state index < -0.39 is 0 Å². The largest absolute Gasteiger partial charge is 0.441 e. The number of oxazole rings is 1. The van der Waals surface area contributed by atoms with Gasteiger partial charge in [0.05, 0.1) is 0 Å². The summed E-state index contributed by atoms with van der Waals surface area (Å²) in [7, 11) is 0. The molecule has 22 heavy (non-hydrogen) atoms. The van der Waals surface area contributed by atoms with E-state index in [0.29, 0.717) is 11.5 Å². The summed E-state index contributed by atoms with van der Waals surface area (Å²) in [5.74, 6) is 0.633. The molecule has 0 bridgehead atoms. The SMILES string of the molecule is CCC1(C)CCCN(C(=O)Nc2ccc3nc(C)oc3c2)C1. The van der Waals surface area contributed by atoms with Crippen molar-refractivity contribution in [2.24, 2.45) is 5.41 Å². The molecule has 0 aliphatic carbocycles. The van der Waals surface area contributed by atoms with Crippen molar-refractivity contribution in [3.8, 4) is 0 Å². The van der Waals surface area contributed by atoms with E-state index in [1.54, 1.807) is 0 Å². The van der Waals surface area contributed by atoms with E-state index in [0.717, 1.165) is 37.1 Å². The van der Waals surface area contributed by atoms with Crippen LogP contribution < -0.4 is 5.32 Å². The zero-order chi connectivity index (χ0) is 15.7. The molecule has 2 amide bonds. The van der Waals surface area contributed by atoms with Gasteiger partial charge in [-0.1, -0.05) is 13.8 Å². The first-order valence-corrected chi connectivity index (χ1v) is 7.92. The lowest BCUT2D eigenvalue weighted by Gasteiger charge is -2.39. The summed E-state index contributed by atoms with van der Waals surface area (Å²) < 4.78 is 5.51. The van der Waals surface area contributed by atoms with Crippen LogP contribution in [0.25, 0.3) is 11.1 Å². The highest BCUT2D eigenvalue weighted by molar-refractivity contribution is 5.91. The minimum absolute atomic E-state index is 0.0324. The molecule has 0 radical (unpaired) electrons. The lowest BCUT2D eigenvalue weighted by Crippen LogP contribution is -2.46. The van der Waals surface area contributed by atoms with E-state index in [4.69, 9.17) is 4.42 Å². The van der Waals surface area contributed by atoms with Gasteiger partial charge in [-0.25, -0.2) is 9.78 Å². The monoisotopic (exact) mass is 301 g/mol. The highest BCUT2D eigenvalue weighted by atomic mass is 16.3. The molecule has 5 heteroatoms. The number of rotatable bonds is 2. The number of aryl methyl sites for hydroxylation is 1. The van der Waals surface area contributed by atoms with Crippen LogP contribution in [0.5, 0.6) is 0 Å². The van der Waals surface area contributed by atoms with Gasteiger partial charge in [0.1, 0.15) is 5.52 Å². The van der Waals surface area contributed by atoms with Crippen LogP contribution >= 0.6 is 0 Å². The van der Waals surface area contributed by atoms with Gasteiger partial charge >= 0.3 is 6.03 Å². The molecular weight excluding hydrogens is 278 g/mol. The van der Waals surface area contributed by atoms with Gasteiger partial charge in [0.2, 0.25) is 0 Å². The maximum atomic E-state index is 12.5. The quantitative estimate of drug-likeness (QED) is 0.905. The molecule has 0 saturated carbocycles. The molecule has 1 fully saturated rings. The number of carbonyl (C=O) groups is 1. The van der Waals surface area contributed by atoms with Crippen LogP contribution in [0.4, 0.5) is 10.5 Å². The van der Waals surface area contributed by atoms with Crippen molar-refractivity contribution in [3.05, 3.63) is 24.1 Å². The molecule has 2 heterocycles. The van der Waals surface area contributed by atoms with Crippen LogP contribution in [0.2, 0.25) is 0 Å². The Hall–Kier alpha value is -2.04. The Morgan fingerprint density at radius 3 is 3.09 bits per heavy atom. The summed E-state index contributed by atoms with van der Waals surface area (Å²) >= 11 is 0. The van der Waals surface area contributed by atoms with E-state index in [1.807, 2.05) is 30.0 Å². The first-order valence-electron chi connectivity index (χ1n) is 7.92. The van der Waals surface area contributed by atoms with Gasteiger partial charge in [0, 0.05) is 31.8 Å². The Balaban J connectivity index is 1.72. The summed E-state index contributed by atoms with van der Waals surface area (Å²) in [6.07, 6.45) is 3.36. The lowest BCUT2D eigenvalue weighted by molar-refractivity contribution is 0.122. The molecule has 0 spiro atoms. The average molecular weight is 301 g/mol. The second-order valence-corrected chi connectivity index (χ2v) is 6.53. The zero-order valence-corrected chi connectivity index (χ0v) is 13.5. The van der Waals surface area contributed by atoms with Gasteiger partial charge in [-0.3, -0.25) is 0 Å². The van der Waals surface area contributed by atoms with Crippen molar-refractivity contribution in [1.29, 1.82) is 0 Å². The van der Waals surface area contributed by atoms with Crippen molar-refractivity contribution in [3.63, 3.8) is 0 Å². The van der Waals surface area contributed by atoms with Crippen molar-refractivity contribution < 1.29 is 9.21 Å². The number of likely N-dealkylation sites (tertiary alicyclic amines) is 1. The fraction of sp³-hybridized carbons (Fsp3) is 0.529. The molecule has 1 aromatic carbocycles. The third-order valence-corrected chi connectivity index (χ3v) is 4.67. The minimum atomic E-state index is -0.0324. The molecule has 1 aliphatic rings. The van der Waals surface area contributed by atoms with E-state index in [1.165, 1.54) is 6.42 Å². The van der Waals surface area contributed by atoms with Gasteiger partial charge < -0.3 is 14.6 Å². The Morgan fingerprint density at radius 1 is 1.50 bits per heavy atom. The first-order chi connectivity index (χ1) is 10.5. The van der Waals surface area contributed by atoms with Crippen LogP contribution in [0.15, 0.2) is 22.6 Å². The number of aromatic nitrogens is 1. The molecule has 1 N–H and O–H groups in total. The molecule has 1 aliphatic heterocycles. The van der Waals surface area contributed by atoms with Crippen LogP contribution in [-0.4, -0.2) is 29.0 Å². The second-order valence-electron chi connectivity index (χ2n) is 6.53. The summed E-state index contributed by atoms with van der Waals surface area (Å²) in [6.45, 7) is 7.92. The third-order valence-electron chi connectivity index (χ3n) is 4.67. The Bertz CT molecular complexity index is 694. The number of urea groups is 1. The topological polar surface area (TPSA) is 58.4 Å². The minimum Gasteiger partial charge on any atom is -0.441 e. The van der Waals surface area contributed by atoms with Gasteiger partial charge in [0.25, 0.3) is 0 Å². The zero-order valence-electron chi connectivity index (χ0n) is 13.5. The highest BCUT2D eigenvalue weighted by Gasteiger charge is 2.31. The maximum Gasteiger partial charge on any atom is 0.321 e. The Kier molecular flexibility index (Phi) is 3.81. The third kappa shape index (κ3) is 2.93. The number of hydrogen-bond acceptors (Lipinski definition) is 3. The van der Waals surface area contributed by atoms with Crippen LogP contribution in [-0.2, 0) is 0 Å². The predicted octanol–water partition coefficient (Wildman–Crippen LogP) is 4.18. The Labute approximate surface area is 130 Å². The number of anilines is 1. The van der Waals surface area contributed by atoms with Gasteiger partial charge in [0.15, 0.2) is 11.5 Å². The molecule has 1 atom stereocenters. The first kappa shape index (κ1) is 14.9. The van der Waals surface area contributed by atoms with E-state index in [9.17, 15) is 4.79 Å². The number of nitrogens with zero attached hydrogens (tertiary/aromatic N) is 2. The van der Waals surface area contributed by atoms with Crippen LogP contribution in [0, 0.1) is 12.3 Å². The number of piperidine rings is 1.